The highest BCUT2D eigenvalue weighted by molar-refractivity contribution is 9.10. The molecule has 4 heteroatoms. The second-order valence-electron chi connectivity index (χ2n) is 4.91. The molecule has 0 amide bonds. The van der Waals surface area contributed by atoms with Crippen LogP contribution in [0.25, 0.3) is 11.3 Å². The Morgan fingerprint density at radius 3 is 2.50 bits per heavy atom. The van der Waals surface area contributed by atoms with E-state index >= 15 is 0 Å². The van der Waals surface area contributed by atoms with Gasteiger partial charge in [0.25, 0.3) is 0 Å². The molecule has 1 aliphatic carbocycles. The van der Waals surface area contributed by atoms with Crippen molar-refractivity contribution in [3.8, 4) is 11.3 Å². The van der Waals surface area contributed by atoms with Crippen molar-refractivity contribution in [2.45, 2.75) is 31.2 Å². The molecule has 0 saturated heterocycles. The molecule has 1 heterocycles. The summed E-state index contributed by atoms with van der Waals surface area (Å²) in [5, 5.41) is 3.21. The topological polar surface area (TPSA) is 38.9 Å². The van der Waals surface area contributed by atoms with Gasteiger partial charge in [-0.15, -0.1) is 11.3 Å². The van der Waals surface area contributed by atoms with Crippen molar-refractivity contribution >= 4 is 27.3 Å². The molecule has 18 heavy (non-hydrogen) atoms. The van der Waals surface area contributed by atoms with Crippen LogP contribution >= 0.6 is 27.3 Å². The van der Waals surface area contributed by atoms with E-state index in [0.717, 1.165) is 33.6 Å². The minimum Gasteiger partial charge on any atom is -0.319 e. The summed E-state index contributed by atoms with van der Waals surface area (Å²) in [6.07, 6.45) is 4.59. The normalized spacial score (nSPS) is 18.1. The monoisotopic (exact) mass is 322 g/mol. The van der Waals surface area contributed by atoms with Crippen LogP contribution in [-0.4, -0.2) is 4.98 Å². The van der Waals surface area contributed by atoms with Crippen LogP contribution in [0, 0.1) is 0 Å². The number of aromatic nitrogens is 1. The van der Waals surface area contributed by atoms with Crippen molar-refractivity contribution in [1.29, 1.82) is 0 Å². The van der Waals surface area contributed by atoms with E-state index in [1.165, 1.54) is 12.8 Å². The van der Waals surface area contributed by atoms with Crippen molar-refractivity contribution in [2.75, 3.05) is 0 Å². The molecule has 1 fully saturated rings. The summed E-state index contributed by atoms with van der Waals surface area (Å²) in [7, 11) is 0. The lowest BCUT2D eigenvalue weighted by molar-refractivity contribution is 0.459. The molecule has 1 saturated carbocycles. The molecule has 0 bridgehead atoms. The summed E-state index contributed by atoms with van der Waals surface area (Å²) in [6, 6.07) is 8.26. The molecule has 2 aromatic rings. The zero-order chi connectivity index (χ0) is 12.6. The van der Waals surface area contributed by atoms with E-state index in [9.17, 15) is 0 Å². The molecule has 2 N–H and O–H groups in total. The van der Waals surface area contributed by atoms with Gasteiger partial charge in [-0.05, 0) is 25.0 Å². The van der Waals surface area contributed by atoms with Gasteiger partial charge in [0.2, 0.25) is 0 Å². The lowest BCUT2D eigenvalue weighted by Crippen LogP contribution is -2.32. The molecule has 3 rings (SSSR count). The Balaban J connectivity index is 1.91. The van der Waals surface area contributed by atoms with Crippen LogP contribution in [0.5, 0.6) is 0 Å². The van der Waals surface area contributed by atoms with Crippen LogP contribution in [0.1, 0.15) is 30.7 Å². The first-order chi connectivity index (χ1) is 8.67. The fourth-order valence-corrected chi connectivity index (χ4v) is 3.74. The van der Waals surface area contributed by atoms with Crippen LogP contribution in [-0.2, 0) is 5.54 Å². The van der Waals surface area contributed by atoms with Gasteiger partial charge in [-0.1, -0.05) is 40.9 Å². The largest absolute Gasteiger partial charge is 0.319 e. The van der Waals surface area contributed by atoms with Crippen LogP contribution in [0.2, 0.25) is 0 Å². The van der Waals surface area contributed by atoms with Gasteiger partial charge in [-0.2, -0.15) is 0 Å². The molecule has 94 valence electrons. The Hall–Kier alpha value is -0.710. The predicted molar refractivity (Wildman–Crippen MR) is 79.6 cm³/mol. The number of nitrogens with zero attached hydrogens (tertiary/aromatic N) is 1. The third-order valence-electron chi connectivity index (χ3n) is 3.57. The summed E-state index contributed by atoms with van der Waals surface area (Å²) in [5.41, 5.74) is 8.46. The average Bonchev–Trinajstić information content (AvgIpc) is 2.99. The SMILES string of the molecule is NC1(c2nc(-c3ccc(Br)cc3)cs2)CCCC1. The van der Waals surface area contributed by atoms with Gasteiger partial charge in [0.15, 0.2) is 0 Å². The minimum atomic E-state index is -0.168. The van der Waals surface area contributed by atoms with Gasteiger partial charge in [0, 0.05) is 15.4 Å². The Labute approximate surface area is 119 Å². The molecule has 1 aromatic heterocycles. The smallest absolute Gasteiger partial charge is 0.113 e. The summed E-state index contributed by atoms with van der Waals surface area (Å²) in [4.78, 5) is 4.74. The Bertz CT molecular complexity index is 541. The predicted octanol–water partition coefficient (Wildman–Crippen LogP) is 4.30. The van der Waals surface area contributed by atoms with Gasteiger partial charge in [0.05, 0.1) is 11.2 Å². The molecule has 0 aliphatic heterocycles. The maximum atomic E-state index is 6.44. The molecular weight excluding hydrogens is 308 g/mol. The van der Waals surface area contributed by atoms with E-state index in [4.69, 9.17) is 10.7 Å². The second kappa shape index (κ2) is 4.76. The van der Waals surface area contributed by atoms with E-state index < -0.39 is 0 Å². The van der Waals surface area contributed by atoms with E-state index in [2.05, 4.69) is 33.4 Å². The summed E-state index contributed by atoms with van der Waals surface area (Å²) < 4.78 is 1.09. The van der Waals surface area contributed by atoms with E-state index in [-0.39, 0.29) is 5.54 Å². The number of hydrogen-bond donors (Lipinski definition) is 1. The molecule has 0 unspecified atom stereocenters. The highest BCUT2D eigenvalue weighted by atomic mass is 79.9. The Morgan fingerprint density at radius 1 is 1.17 bits per heavy atom. The average molecular weight is 323 g/mol. The van der Waals surface area contributed by atoms with Crippen LogP contribution < -0.4 is 5.73 Å². The molecule has 1 aliphatic rings. The maximum absolute atomic E-state index is 6.44. The van der Waals surface area contributed by atoms with Gasteiger partial charge < -0.3 is 5.73 Å². The Morgan fingerprint density at radius 2 is 1.83 bits per heavy atom. The molecule has 2 nitrogen and oxygen atoms in total. The van der Waals surface area contributed by atoms with Crippen molar-refractivity contribution < 1.29 is 0 Å². The van der Waals surface area contributed by atoms with E-state index in [1.54, 1.807) is 11.3 Å². The lowest BCUT2D eigenvalue weighted by Gasteiger charge is -2.19. The van der Waals surface area contributed by atoms with Gasteiger partial charge in [0.1, 0.15) is 5.01 Å². The third kappa shape index (κ3) is 2.25. The zero-order valence-corrected chi connectivity index (χ0v) is 12.4. The number of halogens is 1. The zero-order valence-electron chi connectivity index (χ0n) is 10.0. The number of nitrogens with two attached hydrogens (primary N) is 1. The molecule has 1 aromatic carbocycles. The molecule has 0 radical (unpaired) electrons. The van der Waals surface area contributed by atoms with Crippen LogP contribution in [0.4, 0.5) is 0 Å². The molecular formula is C14H15BrN2S. The summed E-state index contributed by atoms with van der Waals surface area (Å²) >= 11 is 5.14. The van der Waals surface area contributed by atoms with Crippen LogP contribution in [0.3, 0.4) is 0 Å². The summed E-state index contributed by atoms with van der Waals surface area (Å²) in [6.45, 7) is 0. The van der Waals surface area contributed by atoms with E-state index in [1.807, 2.05) is 12.1 Å². The molecule has 0 spiro atoms. The second-order valence-corrected chi connectivity index (χ2v) is 6.68. The Kier molecular flexibility index (Phi) is 3.26. The summed E-state index contributed by atoms with van der Waals surface area (Å²) in [5.74, 6) is 0. The number of thiazole rings is 1. The minimum absolute atomic E-state index is 0.168. The van der Waals surface area contributed by atoms with Gasteiger partial charge >= 0.3 is 0 Å². The van der Waals surface area contributed by atoms with Crippen molar-refractivity contribution in [3.05, 3.63) is 39.1 Å². The quantitative estimate of drug-likeness (QED) is 0.895. The first-order valence-corrected chi connectivity index (χ1v) is 7.85. The first kappa shape index (κ1) is 12.3. The maximum Gasteiger partial charge on any atom is 0.113 e. The number of rotatable bonds is 2. The van der Waals surface area contributed by atoms with Crippen molar-refractivity contribution in [1.82, 2.24) is 4.98 Å². The van der Waals surface area contributed by atoms with Crippen molar-refractivity contribution in [3.63, 3.8) is 0 Å². The molecule has 0 atom stereocenters. The number of benzene rings is 1. The lowest BCUT2D eigenvalue weighted by atomic mass is 10.0. The van der Waals surface area contributed by atoms with Crippen LogP contribution in [0.15, 0.2) is 34.1 Å². The van der Waals surface area contributed by atoms with Gasteiger partial charge in [-0.3, -0.25) is 0 Å². The first-order valence-electron chi connectivity index (χ1n) is 6.18. The van der Waals surface area contributed by atoms with Crippen molar-refractivity contribution in [2.24, 2.45) is 5.73 Å². The highest BCUT2D eigenvalue weighted by Gasteiger charge is 2.34. The highest BCUT2D eigenvalue weighted by Crippen LogP contribution is 2.39. The standard InChI is InChI=1S/C14H15BrN2S/c15-11-5-3-10(4-6-11)12-9-18-13(17-12)14(16)7-1-2-8-14/h3-6,9H,1-2,7-8,16H2. The number of hydrogen-bond acceptors (Lipinski definition) is 3. The fourth-order valence-electron chi connectivity index (χ4n) is 2.48. The van der Waals surface area contributed by atoms with Gasteiger partial charge in [-0.25, -0.2) is 4.98 Å². The fraction of sp³-hybridized carbons (Fsp3) is 0.357. The third-order valence-corrected chi connectivity index (χ3v) is 5.16. The van der Waals surface area contributed by atoms with E-state index in [0.29, 0.717) is 0 Å².